The molecule has 0 fully saturated rings. The minimum Gasteiger partial charge on any atom is -0.479 e. The van der Waals surface area contributed by atoms with Gasteiger partial charge in [0.25, 0.3) is 5.56 Å². The number of carboxylic acid groups (broad SMARTS) is 1. The highest BCUT2D eigenvalue weighted by atomic mass is 35.5. The summed E-state index contributed by atoms with van der Waals surface area (Å²) in [4.78, 5) is 40.0. The summed E-state index contributed by atoms with van der Waals surface area (Å²) in [6.07, 6.45) is -0.0464. The molecular formula is C26H17ClN4O7. The van der Waals surface area contributed by atoms with E-state index in [0.29, 0.717) is 26.9 Å². The first-order valence-electron chi connectivity index (χ1n) is 11.1. The van der Waals surface area contributed by atoms with Crippen molar-refractivity contribution in [3.05, 3.63) is 97.8 Å². The highest BCUT2D eigenvalue weighted by Crippen LogP contribution is 2.30. The second kappa shape index (κ2) is 9.79. The zero-order valence-corrected chi connectivity index (χ0v) is 20.3. The van der Waals surface area contributed by atoms with Gasteiger partial charge in [0.15, 0.2) is 17.6 Å². The second-order valence-corrected chi connectivity index (χ2v) is 8.63. The molecular weight excluding hydrogens is 516 g/mol. The number of ether oxygens (including phenoxy) is 1. The molecule has 1 atom stereocenters. The predicted molar refractivity (Wildman–Crippen MR) is 140 cm³/mol. The van der Waals surface area contributed by atoms with Crippen molar-refractivity contribution in [2.45, 2.75) is 13.0 Å². The minimum atomic E-state index is -1.29. The van der Waals surface area contributed by atoms with Crippen LogP contribution in [0.25, 0.3) is 33.5 Å². The number of carbonyl (C=O) groups is 1. The second-order valence-electron chi connectivity index (χ2n) is 8.19. The van der Waals surface area contributed by atoms with Gasteiger partial charge in [0.2, 0.25) is 5.82 Å². The topological polar surface area (TPSA) is 150 Å². The molecule has 0 aliphatic heterocycles. The van der Waals surface area contributed by atoms with Gasteiger partial charge in [-0.25, -0.2) is 9.78 Å². The Hall–Kier alpha value is -5.03. The summed E-state index contributed by atoms with van der Waals surface area (Å²) in [5, 5.41) is 26.5. The molecule has 190 valence electrons. The molecule has 0 aliphatic rings. The Balaban J connectivity index is 1.62. The first-order valence-corrected chi connectivity index (χ1v) is 11.5. The minimum absolute atomic E-state index is 0.113. The summed E-state index contributed by atoms with van der Waals surface area (Å²) in [6, 6.07) is 17.4. The number of aromatic nitrogens is 2. The molecule has 3 aromatic carbocycles. The fraction of sp³-hybridized carbons (Fsp3) is 0.0769. The number of rotatable bonds is 7. The number of carboxylic acids is 1. The van der Waals surface area contributed by atoms with Gasteiger partial charge in [-0.2, -0.15) is 9.78 Å². The number of fused-ring (bicyclic) bond motifs is 2. The summed E-state index contributed by atoms with van der Waals surface area (Å²) in [5.74, 6) is -1.11. The number of nitrogens with zero attached hydrogens (tertiary/aromatic N) is 4. The van der Waals surface area contributed by atoms with Crippen LogP contribution in [0.1, 0.15) is 12.5 Å². The van der Waals surface area contributed by atoms with Crippen LogP contribution < -0.4 is 10.3 Å². The van der Waals surface area contributed by atoms with E-state index < -0.39 is 28.2 Å². The van der Waals surface area contributed by atoms with Crippen LogP contribution in [0.4, 0.5) is 5.69 Å². The van der Waals surface area contributed by atoms with Gasteiger partial charge in [0, 0.05) is 22.0 Å². The van der Waals surface area contributed by atoms with E-state index in [0.717, 1.165) is 10.7 Å². The third kappa shape index (κ3) is 4.70. The smallest absolute Gasteiger partial charge is 0.344 e. The van der Waals surface area contributed by atoms with Crippen molar-refractivity contribution in [1.29, 1.82) is 0 Å². The maximum atomic E-state index is 13.4. The van der Waals surface area contributed by atoms with Crippen LogP contribution in [0.5, 0.6) is 5.75 Å². The molecule has 0 saturated carbocycles. The summed E-state index contributed by atoms with van der Waals surface area (Å²) in [7, 11) is 0. The van der Waals surface area contributed by atoms with Gasteiger partial charge < -0.3 is 14.3 Å². The molecule has 2 heterocycles. The van der Waals surface area contributed by atoms with Crippen molar-refractivity contribution < 1.29 is 24.0 Å². The zero-order chi connectivity index (χ0) is 27.0. The number of para-hydroxylation sites is 1. The fourth-order valence-electron chi connectivity index (χ4n) is 3.74. The third-order valence-corrected chi connectivity index (χ3v) is 5.84. The highest BCUT2D eigenvalue weighted by Gasteiger charge is 2.21. The molecule has 0 aliphatic carbocycles. The molecule has 0 spiro atoms. The monoisotopic (exact) mass is 532 g/mol. The Morgan fingerprint density at radius 3 is 2.76 bits per heavy atom. The summed E-state index contributed by atoms with van der Waals surface area (Å²) >= 11 is 6.09. The molecule has 0 saturated heterocycles. The number of aliphatic carboxylic acids is 1. The van der Waals surface area contributed by atoms with Crippen LogP contribution in [0, 0.1) is 10.1 Å². The third-order valence-electron chi connectivity index (χ3n) is 5.61. The van der Waals surface area contributed by atoms with E-state index in [4.69, 9.17) is 25.9 Å². The van der Waals surface area contributed by atoms with Crippen LogP contribution in [-0.2, 0) is 4.79 Å². The maximum absolute atomic E-state index is 13.4. The Morgan fingerprint density at radius 1 is 1.21 bits per heavy atom. The number of hydrogen-bond acceptors (Lipinski definition) is 8. The maximum Gasteiger partial charge on any atom is 0.344 e. The van der Waals surface area contributed by atoms with Crippen molar-refractivity contribution in [2.24, 2.45) is 5.10 Å². The molecule has 38 heavy (non-hydrogen) atoms. The average molecular weight is 533 g/mol. The van der Waals surface area contributed by atoms with Crippen LogP contribution >= 0.6 is 11.6 Å². The van der Waals surface area contributed by atoms with E-state index in [1.54, 1.807) is 48.5 Å². The van der Waals surface area contributed by atoms with Gasteiger partial charge in [0.05, 0.1) is 22.0 Å². The van der Waals surface area contributed by atoms with Crippen LogP contribution in [0.15, 0.2) is 81.0 Å². The molecule has 1 N–H and O–H groups in total. The molecule has 11 nitrogen and oxygen atoms in total. The lowest BCUT2D eigenvalue weighted by Gasteiger charge is -2.10. The van der Waals surface area contributed by atoms with Crippen molar-refractivity contribution in [2.75, 3.05) is 0 Å². The van der Waals surface area contributed by atoms with Crippen molar-refractivity contribution in [1.82, 2.24) is 9.66 Å². The van der Waals surface area contributed by atoms with Gasteiger partial charge in [-0.05, 0) is 55.5 Å². The van der Waals surface area contributed by atoms with Crippen LogP contribution in [0.2, 0.25) is 5.02 Å². The molecule has 0 bridgehead atoms. The molecule has 5 rings (SSSR count). The van der Waals surface area contributed by atoms with E-state index in [1.165, 1.54) is 25.3 Å². The van der Waals surface area contributed by atoms with Crippen molar-refractivity contribution in [3.63, 3.8) is 0 Å². The van der Waals surface area contributed by atoms with Gasteiger partial charge in [-0.3, -0.25) is 14.9 Å². The first kappa shape index (κ1) is 24.7. The molecule has 0 amide bonds. The number of furan rings is 1. The van der Waals surface area contributed by atoms with E-state index in [-0.39, 0.29) is 22.9 Å². The molecule has 5 aromatic rings. The predicted octanol–water partition coefficient (Wildman–Crippen LogP) is 5.11. The Morgan fingerprint density at radius 2 is 2.00 bits per heavy atom. The number of nitro groups is 1. The van der Waals surface area contributed by atoms with Gasteiger partial charge >= 0.3 is 11.7 Å². The Bertz CT molecular complexity index is 1830. The van der Waals surface area contributed by atoms with Crippen LogP contribution in [0.3, 0.4) is 0 Å². The lowest BCUT2D eigenvalue weighted by Crippen LogP contribution is -2.23. The molecule has 2 aromatic heterocycles. The van der Waals surface area contributed by atoms with E-state index >= 15 is 0 Å². The van der Waals surface area contributed by atoms with E-state index in [2.05, 4.69) is 10.1 Å². The summed E-state index contributed by atoms with van der Waals surface area (Å²) in [5.41, 5.74) is 0.284. The van der Waals surface area contributed by atoms with Crippen LogP contribution in [-0.4, -0.2) is 38.0 Å². The lowest BCUT2D eigenvalue weighted by atomic mass is 10.2. The highest BCUT2D eigenvalue weighted by molar-refractivity contribution is 6.31. The quantitative estimate of drug-likeness (QED) is 0.173. The standard InChI is InChI=1S/C26H17ClN4O7/c1-14(26(33)34)37-22-8-6-15(10-20(22)31(35)36)13-28-30-24(29-19-5-3-2-4-18(19)25(30)32)23-12-16-11-17(27)7-9-21(16)38-23/h2-14H,1H3,(H,33,34)/t14-/m1/s1. The SMILES string of the molecule is C[C@@H](Oc1ccc(C=Nn2c(-c3cc4cc(Cl)ccc4o3)nc3ccccc3c2=O)cc1[N+](=O)[O-])C(=O)O. The number of benzene rings is 3. The van der Waals surface area contributed by atoms with Gasteiger partial charge in [-0.1, -0.05) is 23.7 Å². The Labute approximate surface area is 218 Å². The van der Waals surface area contributed by atoms with E-state index in [1.807, 2.05) is 0 Å². The normalized spacial score (nSPS) is 12.3. The lowest BCUT2D eigenvalue weighted by molar-refractivity contribution is -0.386. The number of halogens is 1. The molecule has 0 unspecified atom stereocenters. The first-order chi connectivity index (χ1) is 18.2. The average Bonchev–Trinajstić information content (AvgIpc) is 3.31. The van der Waals surface area contributed by atoms with Gasteiger partial charge in [-0.15, -0.1) is 0 Å². The number of nitro benzene ring substituents is 1. The molecule has 12 heteroatoms. The van der Waals surface area contributed by atoms with Crippen molar-refractivity contribution in [3.8, 4) is 17.3 Å². The van der Waals surface area contributed by atoms with Crippen molar-refractivity contribution >= 4 is 51.3 Å². The fourth-order valence-corrected chi connectivity index (χ4v) is 3.92. The van der Waals surface area contributed by atoms with E-state index in [9.17, 15) is 19.7 Å². The largest absolute Gasteiger partial charge is 0.479 e. The summed E-state index contributed by atoms with van der Waals surface area (Å²) < 4.78 is 12.2. The molecule has 0 radical (unpaired) electrons. The number of hydrogen-bond donors (Lipinski definition) is 1. The zero-order valence-electron chi connectivity index (χ0n) is 19.6. The summed E-state index contributed by atoms with van der Waals surface area (Å²) in [6.45, 7) is 1.26. The Kier molecular flexibility index (Phi) is 6.35. The van der Waals surface area contributed by atoms with Gasteiger partial charge in [0.1, 0.15) is 5.58 Å².